The molecule has 0 radical (unpaired) electrons. The van der Waals surface area contributed by atoms with Crippen molar-refractivity contribution >= 4 is 0 Å². The first-order valence-electron chi connectivity index (χ1n) is 6.57. The van der Waals surface area contributed by atoms with E-state index >= 15 is 0 Å². The summed E-state index contributed by atoms with van der Waals surface area (Å²) in [6, 6.07) is 0.573. The number of hydrogen-bond donors (Lipinski definition) is 1. The molecule has 0 aromatic heterocycles. The third-order valence-corrected chi connectivity index (χ3v) is 4.06. The maximum Gasteiger partial charge on any atom is 0.0782 e. The van der Waals surface area contributed by atoms with Gasteiger partial charge in [0.1, 0.15) is 0 Å². The van der Waals surface area contributed by atoms with Crippen molar-refractivity contribution in [1.82, 2.24) is 5.32 Å². The summed E-state index contributed by atoms with van der Waals surface area (Å²) in [4.78, 5) is 0. The second-order valence-corrected chi connectivity index (χ2v) is 5.64. The van der Waals surface area contributed by atoms with Gasteiger partial charge in [0.05, 0.1) is 12.2 Å². The molecule has 2 fully saturated rings. The maximum absolute atomic E-state index is 5.91. The molecule has 1 aliphatic heterocycles. The van der Waals surface area contributed by atoms with Crippen molar-refractivity contribution < 1.29 is 4.74 Å². The molecular formula is C13H25NO. The lowest BCUT2D eigenvalue weighted by Gasteiger charge is -2.43. The van der Waals surface area contributed by atoms with Crippen LogP contribution in [0.2, 0.25) is 0 Å². The van der Waals surface area contributed by atoms with E-state index in [-0.39, 0.29) is 5.60 Å². The predicted molar refractivity (Wildman–Crippen MR) is 63.0 cm³/mol. The van der Waals surface area contributed by atoms with Gasteiger partial charge in [-0.05, 0) is 32.6 Å². The van der Waals surface area contributed by atoms with E-state index in [1.807, 2.05) is 0 Å². The lowest BCUT2D eigenvalue weighted by molar-refractivity contribution is -0.0873. The van der Waals surface area contributed by atoms with E-state index in [1.165, 1.54) is 38.5 Å². The summed E-state index contributed by atoms with van der Waals surface area (Å²) in [5.74, 6) is 0.836. The van der Waals surface area contributed by atoms with Gasteiger partial charge in [0, 0.05) is 12.6 Å². The molecule has 1 saturated carbocycles. The second kappa shape index (κ2) is 4.84. The molecule has 15 heavy (non-hydrogen) atoms. The first kappa shape index (κ1) is 11.4. The molecule has 1 heterocycles. The normalized spacial score (nSPS) is 33.6. The van der Waals surface area contributed by atoms with Gasteiger partial charge in [-0.25, -0.2) is 0 Å². The van der Waals surface area contributed by atoms with Crippen LogP contribution in [0.15, 0.2) is 0 Å². The minimum atomic E-state index is 0.0350. The topological polar surface area (TPSA) is 21.3 Å². The molecule has 0 aromatic carbocycles. The first-order chi connectivity index (χ1) is 7.20. The fourth-order valence-corrected chi connectivity index (χ4v) is 3.24. The zero-order valence-corrected chi connectivity index (χ0v) is 10.2. The molecule has 2 rings (SSSR count). The van der Waals surface area contributed by atoms with Crippen LogP contribution in [0.25, 0.3) is 0 Å². The molecule has 2 aliphatic rings. The zero-order chi connectivity index (χ0) is 10.7. The van der Waals surface area contributed by atoms with E-state index < -0.39 is 0 Å². The van der Waals surface area contributed by atoms with E-state index in [9.17, 15) is 0 Å². The Morgan fingerprint density at radius 1 is 1.07 bits per heavy atom. The van der Waals surface area contributed by atoms with Crippen LogP contribution in [0.5, 0.6) is 0 Å². The molecule has 0 bridgehead atoms. The molecular weight excluding hydrogens is 186 g/mol. The Hall–Kier alpha value is -0.0800. The van der Waals surface area contributed by atoms with Crippen LogP contribution in [-0.4, -0.2) is 24.8 Å². The van der Waals surface area contributed by atoms with Gasteiger partial charge >= 0.3 is 0 Å². The van der Waals surface area contributed by atoms with E-state index in [2.05, 4.69) is 19.2 Å². The monoisotopic (exact) mass is 211 g/mol. The largest absolute Gasteiger partial charge is 0.373 e. The molecule has 0 aromatic rings. The molecule has 1 N–H and O–H groups in total. The molecule has 2 nitrogen and oxygen atoms in total. The molecule has 1 saturated heterocycles. The summed E-state index contributed by atoms with van der Waals surface area (Å²) in [7, 11) is 0. The van der Waals surface area contributed by atoms with Crippen molar-refractivity contribution in [3.8, 4) is 0 Å². The third-order valence-electron chi connectivity index (χ3n) is 4.06. The van der Waals surface area contributed by atoms with Gasteiger partial charge in [-0.3, -0.25) is 0 Å². The summed E-state index contributed by atoms with van der Waals surface area (Å²) in [5.41, 5.74) is 0.0350. The first-order valence-corrected chi connectivity index (χ1v) is 6.57. The highest BCUT2D eigenvalue weighted by Crippen LogP contribution is 2.32. The van der Waals surface area contributed by atoms with Gasteiger partial charge in [0.2, 0.25) is 0 Å². The van der Waals surface area contributed by atoms with Crippen LogP contribution >= 0.6 is 0 Å². The van der Waals surface area contributed by atoms with Crippen molar-refractivity contribution in [2.24, 2.45) is 5.92 Å². The van der Waals surface area contributed by atoms with Gasteiger partial charge in [0.25, 0.3) is 0 Å². The second-order valence-electron chi connectivity index (χ2n) is 5.64. The standard InChI is InChI=1S/C13H25NO/c1-13(2)12(14-9-10-15-13)11-7-5-3-4-6-8-11/h11-12,14H,3-10H2,1-2H3. The third kappa shape index (κ3) is 2.73. The Bertz CT molecular complexity index is 195. The highest BCUT2D eigenvalue weighted by atomic mass is 16.5. The van der Waals surface area contributed by atoms with Crippen LogP contribution in [0.3, 0.4) is 0 Å². The fourth-order valence-electron chi connectivity index (χ4n) is 3.24. The Morgan fingerprint density at radius 2 is 1.73 bits per heavy atom. The quantitative estimate of drug-likeness (QED) is 0.673. The molecule has 0 spiro atoms. The highest BCUT2D eigenvalue weighted by molar-refractivity contribution is 4.93. The average molecular weight is 211 g/mol. The zero-order valence-electron chi connectivity index (χ0n) is 10.2. The summed E-state index contributed by atoms with van der Waals surface area (Å²) < 4.78 is 5.91. The minimum absolute atomic E-state index is 0.0350. The van der Waals surface area contributed by atoms with Crippen LogP contribution in [0.4, 0.5) is 0 Å². The van der Waals surface area contributed by atoms with Gasteiger partial charge in [-0.2, -0.15) is 0 Å². The number of nitrogens with one attached hydrogen (secondary N) is 1. The molecule has 1 unspecified atom stereocenters. The Morgan fingerprint density at radius 3 is 2.33 bits per heavy atom. The van der Waals surface area contributed by atoms with E-state index in [4.69, 9.17) is 4.74 Å². The molecule has 1 atom stereocenters. The lowest BCUT2D eigenvalue weighted by Crippen LogP contribution is -2.58. The van der Waals surface area contributed by atoms with E-state index in [1.54, 1.807) is 0 Å². The molecule has 2 heteroatoms. The van der Waals surface area contributed by atoms with Crippen molar-refractivity contribution in [2.75, 3.05) is 13.2 Å². The van der Waals surface area contributed by atoms with Gasteiger partial charge in [-0.15, -0.1) is 0 Å². The van der Waals surface area contributed by atoms with E-state index in [0.717, 1.165) is 19.1 Å². The SMILES string of the molecule is CC1(C)OCCNC1C1CCCCCC1. The number of rotatable bonds is 1. The smallest absolute Gasteiger partial charge is 0.0782 e. The predicted octanol–water partition coefficient (Wildman–Crippen LogP) is 2.72. The number of ether oxygens (including phenoxy) is 1. The molecule has 0 amide bonds. The van der Waals surface area contributed by atoms with Crippen molar-refractivity contribution in [3.63, 3.8) is 0 Å². The van der Waals surface area contributed by atoms with Crippen LogP contribution in [-0.2, 0) is 4.74 Å². The number of morpholine rings is 1. The summed E-state index contributed by atoms with van der Waals surface area (Å²) in [6.45, 7) is 6.39. The Labute approximate surface area is 93.8 Å². The molecule has 1 aliphatic carbocycles. The maximum atomic E-state index is 5.91. The van der Waals surface area contributed by atoms with Crippen molar-refractivity contribution in [2.45, 2.75) is 64.0 Å². The van der Waals surface area contributed by atoms with Gasteiger partial charge < -0.3 is 10.1 Å². The van der Waals surface area contributed by atoms with Crippen LogP contribution < -0.4 is 5.32 Å². The summed E-state index contributed by atoms with van der Waals surface area (Å²) in [6.07, 6.45) is 8.49. The average Bonchev–Trinajstić information content (AvgIpc) is 2.45. The highest BCUT2D eigenvalue weighted by Gasteiger charge is 2.38. The van der Waals surface area contributed by atoms with Crippen LogP contribution in [0, 0.1) is 5.92 Å². The van der Waals surface area contributed by atoms with Crippen LogP contribution in [0.1, 0.15) is 52.4 Å². The van der Waals surface area contributed by atoms with Crippen molar-refractivity contribution in [3.05, 3.63) is 0 Å². The van der Waals surface area contributed by atoms with Gasteiger partial charge in [-0.1, -0.05) is 25.7 Å². The lowest BCUT2D eigenvalue weighted by atomic mass is 9.81. The van der Waals surface area contributed by atoms with Crippen molar-refractivity contribution in [1.29, 1.82) is 0 Å². The fraction of sp³-hybridized carbons (Fsp3) is 1.00. The van der Waals surface area contributed by atoms with Gasteiger partial charge in [0.15, 0.2) is 0 Å². The summed E-state index contributed by atoms with van der Waals surface area (Å²) >= 11 is 0. The summed E-state index contributed by atoms with van der Waals surface area (Å²) in [5, 5.41) is 3.68. The molecule has 88 valence electrons. The Kier molecular flexibility index (Phi) is 3.68. The Balaban J connectivity index is 1.99. The minimum Gasteiger partial charge on any atom is -0.373 e. The van der Waals surface area contributed by atoms with E-state index in [0.29, 0.717) is 6.04 Å². The number of hydrogen-bond acceptors (Lipinski definition) is 2.